The van der Waals surface area contributed by atoms with Crippen LogP contribution < -0.4 is 15.5 Å². The third kappa shape index (κ3) is 6.69. The largest absolute Gasteiger partial charge is 0.457 e. The molecule has 0 saturated carbocycles. The van der Waals surface area contributed by atoms with Gasteiger partial charge < -0.3 is 10.1 Å². The Morgan fingerprint density at radius 1 is 0.897 bits per heavy atom. The first-order chi connectivity index (χ1) is 14.0. The molecule has 0 radical (unpaired) electrons. The van der Waals surface area contributed by atoms with E-state index in [4.69, 9.17) is 4.74 Å². The summed E-state index contributed by atoms with van der Waals surface area (Å²) in [5.74, 6) is 1.19. The second-order valence-corrected chi connectivity index (χ2v) is 8.44. The molecule has 5 nitrogen and oxygen atoms in total. The predicted octanol–water partition coefficient (Wildman–Crippen LogP) is 6.33. The number of amides is 1. The topological polar surface area (TPSA) is 62.7 Å². The molecule has 0 bridgehead atoms. The highest BCUT2D eigenvalue weighted by atomic mass is 79.9. The number of halogens is 3. The summed E-state index contributed by atoms with van der Waals surface area (Å²) in [7, 11) is 0. The van der Waals surface area contributed by atoms with E-state index in [2.05, 4.69) is 63.6 Å². The van der Waals surface area contributed by atoms with Crippen LogP contribution in [0.1, 0.15) is 5.56 Å². The van der Waals surface area contributed by atoms with Crippen molar-refractivity contribution in [3.63, 3.8) is 0 Å². The zero-order chi connectivity index (χ0) is 20.6. The smallest absolute Gasteiger partial charge is 0.259 e. The summed E-state index contributed by atoms with van der Waals surface area (Å²) in [6.45, 7) is 0.0845. The van der Waals surface area contributed by atoms with Crippen LogP contribution >= 0.6 is 47.8 Å². The van der Waals surface area contributed by atoms with Gasteiger partial charge in [-0.1, -0.05) is 30.3 Å². The van der Waals surface area contributed by atoms with Crippen LogP contribution in [0.2, 0.25) is 0 Å². The van der Waals surface area contributed by atoms with Crippen LogP contribution in [-0.4, -0.2) is 18.7 Å². The van der Waals surface area contributed by atoms with Gasteiger partial charge in [0.25, 0.3) is 5.91 Å². The Morgan fingerprint density at radius 3 is 2.41 bits per heavy atom. The molecule has 3 rings (SSSR count). The lowest BCUT2D eigenvalue weighted by molar-refractivity contribution is -0.119. The third-order valence-corrected chi connectivity index (χ3v) is 6.19. The number of anilines is 1. The molecule has 3 aromatic carbocycles. The Balaban J connectivity index is 1.52. The fourth-order valence-corrected chi connectivity index (χ4v) is 3.81. The van der Waals surface area contributed by atoms with Gasteiger partial charge in [-0.05, 0) is 89.8 Å². The van der Waals surface area contributed by atoms with Crippen LogP contribution in [0.25, 0.3) is 0 Å². The fourth-order valence-electron chi connectivity index (χ4n) is 2.33. The second-order valence-electron chi connectivity index (χ2n) is 5.88. The van der Waals surface area contributed by atoms with E-state index in [0.717, 1.165) is 30.4 Å². The van der Waals surface area contributed by atoms with Crippen molar-refractivity contribution in [3.8, 4) is 11.5 Å². The molecule has 0 heterocycles. The van der Waals surface area contributed by atoms with Crippen LogP contribution in [0.5, 0.6) is 11.5 Å². The van der Waals surface area contributed by atoms with Gasteiger partial charge in [-0.2, -0.15) is 5.10 Å². The number of hydrazone groups is 1. The van der Waals surface area contributed by atoms with Gasteiger partial charge in [-0.15, -0.1) is 0 Å². The minimum atomic E-state index is -0.260. The Kier molecular flexibility index (Phi) is 7.85. The van der Waals surface area contributed by atoms with E-state index in [0.29, 0.717) is 5.75 Å². The summed E-state index contributed by atoms with van der Waals surface area (Å²) in [5, 5.41) is 7.07. The molecule has 0 unspecified atom stereocenters. The van der Waals surface area contributed by atoms with Gasteiger partial charge in [0.15, 0.2) is 0 Å². The summed E-state index contributed by atoms with van der Waals surface area (Å²) in [4.78, 5) is 12.0. The molecule has 0 fully saturated rings. The maximum Gasteiger partial charge on any atom is 0.259 e. The monoisotopic (exact) mass is 579 g/mol. The van der Waals surface area contributed by atoms with Crippen molar-refractivity contribution in [1.29, 1.82) is 0 Å². The molecule has 29 heavy (non-hydrogen) atoms. The molecule has 0 saturated heterocycles. The molecule has 148 valence electrons. The molecular weight excluding hydrogens is 566 g/mol. The number of nitrogens with zero attached hydrogens (tertiary/aromatic N) is 1. The molecular formula is C21H16Br3N3O2. The maximum atomic E-state index is 12.0. The van der Waals surface area contributed by atoms with Crippen LogP contribution in [0.3, 0.4) is 0 Å². The molecule has 0 aromatic heterocycles. The molecule has 0 aliphatic carbocycles. The van der Waals surface area contributed by atoms with Gasteiger partial charge in [0.05, 0.1) is 18.4 Å². The fraction of sp³-hybridized carbons (Fsp3) is 0.0476. The Labute approximate surface area is 193 Å². The average molecular weight is 582 g/mol. The molecule has 0 atom stereocenters. The Hall–Kier alpha value is -2.16. The van der Waals surface area contributed by atoms with Gasteiger partial charge in [-0.3, -0.25) is 4.79 Å². The van der Waals surface area contributed by atoms with Crippen molar-refractivity contribution in [2.24, 2.45) is 5.10 Å². The number of hydrogen-bond acceptors (Lipinski definition) is 4. The first-order valence-electron chi connectivity index (χ1n) is 8.54. The van der Waals surface area contributed by atoms with Crippen molar-refractivity contribution in [2.75, 3.05) is 11.9 Å². The van der Waals surface area contributed by atoms with Crippen LogP contribution in [-0.2, 0) is 4.79 Å². The quantitative estimate of drug-likeness (QED) is 0.195. The van der Waals surface area contributed by atoms with Gasteiger partial charge in [-0.25, -0.2) is 5.43 Å². The van der Waals surface area contributed by atoms with E-state index in [1.54, 1.807) is 6.21 Å². The lowest BCUT2D eigenvalue weighted by Gasteiger charge is -2.09. The third-order valence-electron chi connectivity index (χ3n) is 3.69. The normalized spacial score (nSPS) is 10.7. The molecule has 8 heteroatoms. The zero-order valence-corrected chi connectivity index (χ0v) is 19.8. The number of nitrogens with one attached hydrogen (secondary N) is 2. The number of para-hydroxylation sites is 1. The first kappa shape index (κ1) is 21.5. The lowest BCUT2D eigenvalue weighted by Crippen LogP contribution is -2.26. The van der Waals surface area contributed by atoms with E-state index in [9.17, 15) is 4.79 Å². The Morgan fingerprint density at radius 2 is 1.62 bits per heavy atom. The number of carbonyl (C=O) groups is 1. The van der Waals surface area contributed by atoms with Gasteiger partial charge in [0, 0.05) is 13.4 Å². The van der Waals surface area contributed by atoms with Crippen molar-refractivity contribution in [3.05, 3.63) is 85.7 Å². The summed E-state index contributed by atoms with van der Waals surface area (Å²) >= 11 is 10.3. The number of rotatable bonds is 7. The van der Waals surface area contributed by atoms with Gasteiger partial charge in [0.2, 0.25) is 0 Å². The average Bonchev–Trinajstić information content (AvgIpc) is 2.71. The van der Waals surface area contributed by atoms with Crippen LogP contribution in [0.15, 0.2) is 85.2 Å². The van der Waals surface area contributed by atoms with Crippen LogP contribution in [0.4, 0.5) is 5.69 Å². The van der Waals surface area contributed by atoms with E-state index in [1.165, 1.54) is 0 Å². The predicted molar refractivity (Wildman–Crippen MR) is 127 cm³/mol. The van der Waals surface area contributed by atoms with E-state index < -0.39 is 0 Å². The molecule has 2 N–H and O–H groups in total. The molecule has 3 aromatic rings. The number of benzene rings is 3. The highest BCUT2D eigenvalue weighted by molar-refractivity contribution is 9.13. The molecule has 1 amide bonds. The number of ether oxygens (including phenoxy) is 1. The van der Waals surface area contributed by atoms with Crippen LogP contribution in [0, 0.1) is 0 Å². The van der Waals surface area contributed by atoms with E-state index in [-0.39, 0.29) is 12.5 Å². The molecule has 0 aliphatic rings. The Bertz CT molecular complexity index is 1030. The van der Waals surface area contributed by atoms with Crippen molar-refractivity contribution >= 4 is 65.6 Å². The van der Waals surface area contributed by atoms with Gasteiger partial charge in [0.1, 0.15) is 11.5 Å². The molecule has 0 aliphatic heterocycles. The van der Waals surface area contributed by atoms with Crippen molar-refractivity contribution < 1.29 is 9.53 Å². The standard InChI is InChI=1S/C21H16Br3N3O2/c22-17-10-19(24)20(11-18(17)23)25-13-21(28)27-26-12-14-5-4-8-16(9-14)29-15-6-2-1-3-7-15/h1-12,25H,13H2,(H,27,28). The van der Waals surface area contributed by atoms with E-state index in [1.807, 2.05) is 66.7 Å². The summed E-state index contributed by atoms with van der Waals surface area (Å²) in [5.41, 5.74) is 4.11. The lowest BCUT2D eigenvalue weighted by atomic mass is 10.2. The van der Waals surface area contributed by atoms with Crippen molar-refractivity contribution in [2.45, 2.75) is 0 Å². The summed E-state index contributed by atoms with van der Waals surface area (Å²) in [6, 6.07) is 20.8. The second kappa shape index (κ2) is 10.6. The summed E-state index contributed by atoms with van der Waals surface area (Å²) < 4.78 is 8.45. The highest BCUT2D eigenvalue weighted by Gasteiger charge is 2.06. The zero-order valence-electron chi connectivity index (χ0n) is 15.0. The minimum Gasteiger partial charge on any atom is -0.457 e. The first-order valence-corrected chi connectivity index (χ1v) is 10.9. The van der Waals surface area contributed by atoms with E-state index >= 15 is 0 Å². The number of carbonyl (C=O) groups excluding carboxylic acids is 1. The molecule has 0 spiro atoms. The maximum absolute atomic E-state index is 12.0. The summed E-state index contributed by atoms with van der Waals surface area (Å²) in [6.07, 6.45) is 1.57. The SMILES string of the molecule is O=C(CNc1cc(Br)c(Br)cc1Br)NN=Cc1cccc(Oc2ccccc2)c1. The number of hydrogen-bond donors (Lipinski definition) is 2. The minimum absolute atomic E-state index is 0.0845. The highest BCUT2D eigenvalue weighted by Crippen LogP contribution is 2.32. The van der Waals surface area contributed by atoms with Gasteiger partial charge >= 0.3 is 0 Å². The van der Waals surface area contributed by atoms with Crippen molar-refractivity contribution in [1.82, 2.24) is 5.43 Å².